The van der Waals surface area contributed by atoms with Gasteiger partial charge in [0.1, 0.15) is 21.8 Å². The Morgan fingerprint density at radius 3 is 2.75 bits per heavy atom. The molecule has 0 unspecified atom stereocenters. The van der Waals surface area contributed by atoms with Crippen molar-refractivity contribution >= 4 is 33.1 Å². The van der Waals surface area contributed by atoms with Crippen LogP contribution in [0.3, 0.4) is 0 Å². The van der Waals surface area contributed by atoms with Gasteiger partial charge in [0.15, 0.2) is 0 Å². The minimum Gasteiger partial charge on any atom is -0.359 e. The van der Waals surface area contributed by atoms with Gasteiger partial charge < -0.3 is 5.32 Å². The zero-order valence-electron chi connectivity index (χ0n) is 8.94. The molecule has 6 heteroatoms. The molecule has 4 nitrogen and oxygen atoms in total. The van der Waals surface area contributed by atoms with Gasteiger partial charge in [-0.1, -0.05) is 0 Å². The fourth-order valence-corrected chi connectivity index (χ4v) is 2.33. The van der Waals surface area contributed by atoms with Gasteiger partial charge in [-0.25, -0.2) is 15.0 Å². The van der Waals surface area contributed by atoms with Crippen molar-refractivity contribution in [3.05, 3.63) is 33.6 Å². The minimum absolute atomic E-state index is 0.234. The molecule has 84 valence electrons. The fourth-order valence-electron chi connectivity index (χ4n) is 1.31. The minimum atomic E-state index is -0.234. The molecule has 2 aromatic rings. The Morgan fingerprint density at radius 1 is 1.31 bits per heavy atom. The van der Waals surface area contributed by atoms with E-state index in [9.17, 15) is 0 Å². The summed E-state index contributed by atoms with van der Waals surface area (Å²) in [4.78, 5) is 12.5. The monoisotopic (exact) mass is 298 g/mol. The highest BCUT2D eigenvalue weighted by Crippen LogP contribution is 2.26. The van der Waals surface area contributed by atoms with E-state index in [0.29, 0.717) is 0 Å². The van der Waals surface area contributed by atoms with Crippen LogP contribution in [-0.2, 0) is 5.54 Å². The first-order chi connectivity index (χ1) is 7.58. The number of halogens is 1. The van der Waals surface area contributed by atoms with E-state index in [1.165, 1.54) is 6.33 Å². The lowest BCUT2D eigenvalue weighted by Gasteiger charge is -2.24. The highest BCUT2D eigenvalue weighted by Gasteiger charge is 2.23. The Morgan fingerprint density at radius 2 is 2.12 bits per heavy atom. The number of hydrogen-bond acceptors (Lipinski definition) is 5. The van der Waals surface area contributed by atoms with Crippen LogP contribution in [0.15, 0.2) is 28.6 Å². The Hall–Kier alpha value is -1.01. The quantitative estimate of drug-likeness (QED) is 0.885. The normalized spacial score (nSPS) is 11.4. The third-order valence-corrected chi connectivity index (χ3v) is 3.57. The highest BCUT2D eigenvalue weighted by atomic mass is 79.9. The molecule has 1 N–H and O–H groups in total. The smallest absolute Gasteiger partial charge is 0.131 e. The second-order valence-electron chi connectivity index (χ2n) is 3.81. The molecule has 2 aromatic heterocycles. The summed E-state index contributed by atoms with van der Waals surface area (Å²) in [5, 5.41) is 6.33. The van der Waals surface area contributed by atoms with Gasteiger partial charge in [0.2, 0.25) is 0 Å². The van der Waals surface area contributed by atoms with Crippen LogP contribution in [0.25, 0.3) is 0 Å². The molecule has 0 aliphatic carbocycles. The van der Waals surface area contributed by atoms with E-state index in [1.54, 1.807) is 17.5 Å². The molecule has 0 bridgehead atoms. The number of nitrogens with zero attached hydrogens (tertiary/aromatic N) is 3. The lowest BCUT2D eigenvalue weighted by Crippen LogP contribution is -2.28. The molecular weight excluding hydrogens is 288 g/mol. The molecule has 0 amide bonds. The van der Waals surface area contributed by atoms with E-state index in [0.717, 1.165) is 15.4 Å². The van der Waals surface area contributed by atoms with Gasteiger partial charge in [-0.15, -0.1) is 11.3 Å². The Balaban J connectivity index is 2.21. The number of aromatic nitrogens is 3. The van der Waals surface area contributed by atoms with Crippen molar-refractivity contribution in [2.75, 3.05) is 5.32 Å². The summed E-state index contributed by atoms with van der Waals surface area (Å²) in [6.45, 7) is 4.14. The van der Waals surface area contributed by atoms with Crippen LogP contribution in [0.1, 0.15) is 18.9 Å². The Bertz CT molecular complexity index is 469. The molecule has 0 aliphatic heterocycles. The molecular formula is C10H11BrN4S. The summed E-state index contributed by atoms with van der Waals surface area (Å²) >= 11 is 4.94. The summed E-state index contributed by atoms with van der Waals surface area (Å²) < 4.78 is 0.764. The molecule has 0 aromatic carbocycles. The molecule has 0 radical (unpaired) electrons. The molecule has 0 saturated carbocycles. The molecule has 0 fully saturated rings. The van der Waals surface area contributed by atoms with Gasteiger partial charge >= 0.3 is 0 Å². The first kappa shape index (κ1) is 11.5. The summed E-state index contributed by atoms with van der Waals surface area (Å²) in [6, 6.07) is 1.84. The summed E-state index contributed by atoms with van der Waals surface area (Å²) in [5.74, 6) is 0.780. The first-order valence-electron chi connectivity index (χ1n) is 4.73. The van der Waals surface area contributed by atoms with Crippen molar-refractivity contribution in [3.8, 4) is 0 Å². The van der Waals surface area contributed by atoms with Gasteiger partial charge in [0.05, 0.1) is 5.54 Å². The van der Waals surface area contributed by atoms with Crippen LogP contribution < -0.4 is 5.32 Å². The van der Waals surface area contributed by atoms with E-state index in [4.69, 9.17) is 0 Å². The number of anilines is 1. The predicted octanol–water partition coefficient (Wildman–Crippen LogP) is 3.04. The van der Waals surface area contributed by atoms with Gasteiger partial charge in [0.25, 0.3) is 0 Å². The van der Waals surface area contributed by atoms with Crippen LogP contribution >= 0.6 is 27.3 Å². The molecule has 2 rings (SSSR count). The van der Waals surface area contributed by atoms with Gasteiger partial charge in [-0.2, -0.15) is 0 Å². The van der Waals surface area contributed by atoms with Crippen molar-refractivity contribution in [1.82, 2.24) is 15.0 Å². The number of hydrogen-bond donors (Lipinski definition) is 1. The van der Waals surface area contributed by atoms with Gasteiger partial charge in [-0.05, 0) is 29.8 Å². The Labute approximate surface area is 106 Å². The van der Waals surface area contributed by atoms with Crippen molar-refractivity contribution in [3.63, 3.8) is 0 Å². The van der Waals surface area contributed by atoms with E-state index < -0.39 is 0 Å². The van der Waals surface area contributed by atoms with Crippen LogP contribution in [0.5, 0.6) is 0 Å². The molecule has 16 heavy (non-hydrogen) atoms. The SMILES string of the molecule is CC(C)(Nc1cc(Br)ncn1)c1nccs1. The van der Waals surface area contributed by atoms with Gasteiger partial charge in [-0.3, -0.25) is 0 Å². The lowest BCUT2D eigenvalue weighted by atomic mass is 10.1. The standard InChI is InChI=1S/C10H11BrN4S/c1-10(2,9-12-3-4-16-9)15-8-5-7(11)13-6-14-8/h3-6H,1-2H3,(H,13,14,15). The largest absolute Gasteiger partial charge is 0.359 e. The number of nitrogens with one attached hydrogen (secondary N) is 1. The molecule has 0 aliphatic rings. The summed E-state index contributed by atoms with van der Waals surface area (Å²) in [5.41, 5.74) is -0.234. The van der Waals surface area contributed by atoms with Crippen molar-refractivity contribution in [2.45, 2.75) is 19.4 Å². The fraction of sp³-hybridized carbons (Fsp3) is 0.300. The van der Waals surface area contributed by atoms with Crippen LogP contribution in [0.2, 0.25) is 0 Å². The van der Waals surface area contributed by atoms with Crippen molar-refractivity contribution in [1.29, 1.82) is 0 Å². The van der Waals surface area contributed by atoms with Crippen molar-refractivity contribution in [2.24, 2.45) is 0 Å². The third kappa shape index (κ3) is 2.56. The first-order valence-corrected chi connectivity index (χ1v) is 6.41. The van der Waals surface area contributed by atoms with Crippen molar-refractivity contribution < 1.29 is 0 Å². The zero-order chi connectivity index (χ0) is 11.6. The second-order valence-corrected chi connectivity index (χ2v) is 5.52. The Kier molecular flexibility index (Phi) is 3.20. The maximum Gasteiger partial charge on any atom is 0.131 e. The van der Waals surface area contributed by atoms with Crippen LogP contribution in [-0.4, -0.2) is 15.0 Å². The van der Waals surface area contributed by atoms with Gasteiger partial charge in [0, 0.05) is 17.6 Å². The number of thiazole rings is 1. The van der Waals surface area contributed by atoms with Crippen LogP contribution in [0.4, 0.5) is 5.82 Å². The lowest BCUT2D eigenvalue weighted by molar-refractivity contribution is 0.600. The average molecular weight is 299 g/mol. The average Bonchev–Trinajstić information content (AvgIpc) is 2.69. The highest BCUT2D eigenvalue weighted by molar-refractivity contribution is 9.10. The zero-order valence-corrected chi connectivity index (χ0v) is 11.3. The third-order valence-electron chi connectivity index (χ3n) is 2.04. The van der Waals surface area contributed by atoms with E-state index in [1.807, 2.05) is 11.4 Å². The van der Waals surface area contributed by atoms with E-state index in [-0.39, 0.29) is 5.54 Å². The number of rotatable bonds is 3. The maximum absolute atomic E-state index is 4.31. The maximum atomic E-state index is 4.31. The van der Waals surface area contributed by atoms with Crippen LogP contribution in [0, 0.1) is 0 Å². The topological polar surface area (TPSA) is 50.7 Å². The van der Waals surface area contributed by atoms with E-state index in [2.05, 4.69) is 50.0 Å². The molecule has 0 spiro atoms. The molecule has 0 atom stereocenters. The summed E-state index contributed by atoms with van der Waals surface area (Å²) in [6.07, 6.45) is 3.32. The van der Waals surface area contributed by atoms with E-state index >= 15 is 0 Å². The molecule has 2 heterocycles. The predicted molar refractivity (Wildman–Crippen MR) is 68.5 cm³/mol. The second kappa shape index (κ2) is 4.47. The summed E-state index contributed by atoms with van der Waals surface area (Å²) in [7, 11) is 0. The molecule has 0 saturated heterocycles.